The number of hydrazine groups is 1. The lowest BCUT2D eigenvalue weighted by molar-refractivity contribution is 0.786. The number of aromatic nitrogens is 5. The fourth-order valence-corrected chi connectivity index (χ4v) is 1.66. The molecule has 102 valence electrons. The van der Waals surface area contributed by atoms with Crippen LogP contribution in [0.25, 0.3) is 0 Å². The fraction of sp³-hybridized carbons (Fsp3) is 0.455. The number of nitrogen functional groups attached to an aromatic ring is 1. The highest BCUT2D eigenvalue weighted by molar-refractivity contribution is 5.46. The first kappa shape index (κ1) is 13.2. The molecular weight excluding hydrogens is 244 g/mol. The van der Waals surface area contributed by atoms with E-state index in [1.54, 1.807) is 12.4 Å². The zero-order valence-electron chi connectivity index (χ0n) is 11.1. The van der Waals surface area contributed by atoms with Crippen LogP contribution in [0.1, 0.15) is 18.6 Å². The van der Waals surface area contributed by atoms with Crippen LogP contribution < -0.4 is 16.6 Å². The molecule has 0 amide bonds. The van der Waals surface area contributed by atoms with Gasteiger partial charge in [-0.25, -0.2) is 15.8 Å². The highest BCUT2D eigenvalue weighted by atomic mass is 15.3. The molecule has 0 aromatic carbocycles. The van der Waals surface area contributed by atoms with Crippen molar-refractivity contribution >= 4 is 11.6 Å². The van der Waals surface area contributed by atoms with E-state index in [0.29, 0.717) is 5.82 Å². The van der Waals surface area contributed by atoms with E-state index in [1.807, 2.05) is 18.5 Å². The molecule has 8 heteroatoms. The largest absolute Gasteiger partial charge is 0.369 e. The second kappa shape index (κ2) is 6.10. The van der Waals surface area contributed by atoms with Crippen LogP contribution in [0.5, 0.6) is 0 Å². The van der Waals surface area contributed by atoms with Gasteiger partial charge in [-0.3, -0.25) is 0 Å². The molecular formula is C11H18N8. The smallest absolute Gasteiger partial charge is 0.145 e. The van der Waals surface area contributed by atoms with E-state index in [1.165, 1.54) is 0 Å². The summed E-state index contributed by atoms with van der Waals surface area (Å²) in [6.45, 7) is 2.72. The van der Waals surface area contributed by atoms with E-state index >= 15 is 0 Å². The Hall–Kier alpha value is -2.22. The Balaban J connectivity index is 1.97. The van der Waals surface area contributed by atoms with Gasteiger partial charge in [-0.2, -0.15) is 0 Å². The van der Waals surface area contributed by atoms with Crippen molar-refractivity contribution in [3.63, 3.8) is 0 Å². The van der Waals surface area contributed by atoms with E-state index in [2.05, 4.69) is 30.9 Å². The van der Waals surface area contributed by atoms with Crippen LogP contribution in [0.4, 0.5) is 11.6 Å². The normalized spacial score (nSPS) is 10.5. The Labute approximate surface area is 111 Å². The predicted molar refractivity (Wildman–Crippen MR) is 72.4 cm³/mol. The summed E-state index contributed by atoms with van der Waals surface area (Å²) in [7, 11) is 1.92. The maximum Gasteiger partial charge on any atom is 0.145 e. The van der Waals surface area contributed by atoms with Gasteiger partial charge in [-0.05, 0) is 0 Å². The van der Waals surface area contributed by atoms with Crippen molar-refractivity contribution in [2.24, 2.45) is 12.9 Å². The average molecular weight is 262 g/mol. The number of nitrogens with zero attached hydrogens (tertiary/aromatic N) is 5. The molecule has 0 aliphatic heterocycles. The molecule has 4 N–H and O–H groups in total. The van der Waals surface area contributed by atoms with Crippen LogP contribution in [-0.2, 0) is 19.9 Å². The molecule has 2 heterocycles. The first-order chi connectivity index (χ1) is 9.22. The lowest BCUT2D eigenvalue weighted by Crippen LogP contribution is -2.14. The first-order valence-electron chi connectivity index (χ1n) is 6.14. The highest BCUT2D eigenvalue weighted by Gasteiger charge is 2.04. The van der Waals surface area contributed by atoms with Gasteiger partial charge < -0.3 is 15.3 Å². The van der Waals surface area contributed by atoms with Crippen LogP contribution in [0.3, 0.4) is 0 Å². The van der Waals surface area contributed by atoms with Gasteiger partial charge in [0.05, 0.1) is 0 Å². The van der Waals surface area contributed by atoms with Gasteiger partial charge in [0.15, 0.2) is 0 Å². The van der Waals surface area contributed by atoms with E-state index in [9.17, 15) is 0 Å². The van der Waals surface area contributed by atoms with Gasteiger partial charge in [0.2, 0.25) is 0 Å². The zero-order chi connectivity index (χ0) is 13.7. The number of aryl methyl sites for hydroxylation is 2. The summed E-state index contributed by atoms with van der Waals surface area (Å²) < 4.78 is 1.89. The molecule has 2 aromatic heterocycles. The molecule has 2 rings (SSSR count). The van der Waals surface area contributed by atoms with Crippen molar-refractivity contribution in [2.45, 2.75) is 19.8 Å². The summed E-state index contributed by atoms with van der Waals surface area (Å²) in [6.07, 6.45) is 3.21. The van der Waals surface area contributed by atoms with Gasteiger partial charge in [0, 0.05) is 32.5 Å². The van der Waals surface area contributed by atoms with E-state index in [4.69, 9.17) is 5.84 Å². The molecule has 0 aliphatic rings. The van der Waals surface area contributed by atoms with Crippen molar-refractivity contribution in [1.29, 1.82) is 0 Å². The predicted octanol–water partition coefficient (Wildman–Crippen LogP) is 0.108. The molecule has 0 fully saturated rings. The Morgan fingerprint density at radius 1 is 1.32 bits per heavy atom. The third kappa shape index (κ3) is 3.38. The molecule has 0 radical (unpaired) electrons. The van der Waals surface area contributed by atoms with Gasteiger partial charge >= 0.3 is 0 Å². The number of hydrogen-bond donors (Lipinski definition) is 3. The third-order valence-electron chi connectivity index (χ3n) is 2.70. The number of rotatable bonds is 6. The van der Waals surface area contributed by atoms with Gasteiger partial charge in [0.1, 0.15) is 29.6 Å². The SMILES string of the molecule is CCc1nc(NN)cc(NCCc2nncn2C)n1. The molecule has 19 heavy (non-hydrogen) atoms. The number of hydrogen-bond acceptors (Lipinski definition) is 7. The number of anilines is 2. The van der Waals surface area contributed by atoms with Gasteiger partial charge in [0.25, 0.3) is 0 Å². The van der Waals surface area contributed by atoms with Crippen molar-refractivity contribution in [2.75, 3.05) is 17.3 Å². The zero-order valence-corrected chi connectivity index (χ0v) is 11.1. The molecule has 2 aromatic rings. The number of nitrogens with one attached hydrogen (secondary N) is 2. The summed E-state index contributed by atoms with van der Waals surface area (Å²) in [6, 6.07) is 1.77. The van der Waals surface area contributed by atoms with Crippen molar-refractivity contribution in [1.82, 2.24) is 24.7 Å². The Morgan fingerprint density at radius 2 is 2.11 bits per heavy atom. The quantitative estimate of drug-likeness (QED) is 0.501. The van der Waals surface area contributed by atoms with Crippen molar-refractivity contribution < 1.29 is 0 Å². The summed E-state index contributed by atoms with van der Waals surface area (Å²) in [4.78, 5) is 8.61. The Morgan fingerprint density at radius 3 is 2.74 bits per heavy atom. The molecule has 0 bridgehead atoms. The molecule has 0 saturated heterocycles. The maximum atomic E-state index is 5.38. The van der Waals surface area contributed by atoms with Gasteiger partial charge in [-0.1, -0.05) is 6.92 Å². The topological polar surface area (TPSA) is 107 Å². The van der Waals surface area contributed by atoms with Crippen molar-refractivity contribution in [3.8, 4) is 0 Å². The fourth-order valence-electron chi connectivity index (χ4n) is 1.66. The minimum absolute atomic E-state index is 0.605. The molecule has 8 nitrogen and oxygen atoms in total. The summed E-state index contributed by atoms with van der Waals surface area (Å²) in [5.74, 6) is 8.41. The first-order valence-corrected chi connectivity index (χ1v) is 6.14. The minimum atomic E-state index is 0.605. The molecule has 0 atom stereocenters. The van der Waals surface area contributed by atoms with E-state index in [0.717, 1.165) is 36.9 Å². The van der Waals surface area contributed by atoms with Crippen LogP contribution in [0, 0.1) is 0 Å². The molecule has 0 unspecified atom stereocenters. The Kier molecular flexibility index (Phi) is 4.24. The third-order valence-corrected chi connectivity index (χ3v) is 2.70. The standard InChI is InChI=1S/C11H18N8/c1-3-8-15-9(6-10(16-8)17-12)13-5-4-11-18-14-7-19(11)2/h6-7H,3-5,12H2,1-2H3,(H2,13,15,16,17). The Bertz CT molecular complexity index is 513. The van der Waals surface area contributed by atoms with Crippen LogP contribution >= 0.6 is 0 Å². The maximum absolute atomic E-state index is 5.38. The van der Waals surface area contributed by atoms with Crippen LogP contribution in [0.2, 0.25) is 0 Å². The molecule has 0 saturated carbocycles. The lowest BCUT2D eigenvalue weighted by Gasteiger charge is -2.08. The van der Waals surface area contributed by atoms with Crippen LogP contribution in [0.15, 0.2) is 12.4 Å². The molecule has 0 aliphatic carbocycles. The van der Waals surface area contributed by atoms with E-state index < -0.39 is 0 Å². The lowest BCUT2D eigenvalue weighted by atomic mass is 10.3. The number of nitrogens with two attached hydrogens (primary N) is 1. The molecule has 0 spiro atoms. The summed E-state index contributed by atoms with van der Waals surface area (Å²) in [5, 5.41) is 11.1. The van der Waals surface area contributed by atoms with Crippen molar-refractivity contribution in [3.05, 3.63) is 24.0 Å². The highest BCUT2D eigenvalue weighted by Crippen LogP contribution is 2.10. The van der Waals surface area contributed by atoms with E-state index in [-0.39, 0.29) is 0 Å². The second-order valence-corrected chi connectivity index (χ2v) is 4.09. The monoisotopic (exact) mass is 262 g/mol. The average Bonchev–Trinajstić information content (AvgIpc) is 2.84. The summed E-state index contributed by atoms with van der Waals surface area (Å²) >= 11 is 0. The second-order valence-electron chi connectivity index (χ2n) is 4.09. The summed E-state index contributed by atoms with van der Waals surface area (Å²) in [5.41, 5.74) is 2.54. The van der Waals surface area contributed by atoms with Gasteiger partial charge in [-0.15, -0.1) is 10.2 Å². The van der Waals surface area contributed by atoms with Crippen LogP contribution in [-0.4, -0.2) is 31.3 Å². The minimum Gasteiger partial charge on any atom is -0.369 e.